The number of nitrogens with one attached hydrogen (secondary N) is 3. The van der Waals surface area contributed by atoms with Gasteiger partial charge in [0.2, 0.25) is 0 Å². The van der Waals surface area contributed by atoms with E-state index < -0.39 is 5.82 Å². The molecule has 0 aromatic heterocycles. The fraction of sp³-hybridized carbons (Fsp3) is 0.407. The number of aliphatic imine (C=N–C) groups is 1. The molecule has 0 aliphatic heterocycles. The van der Waals surface area contributed by atoms with Gasteiger partial charge >= 0.3 is 6.03 Å². The van der Waals surface area contributed by atoms with E-state index in [1.54, 1.807) is 50.6 Å². The van der Waals surface area contributed by atoms with E-state index in [-0.39, 0.29) is 23.1 Å². The lowest BCUT2D eigenvalue weighted by Gasteiger charge is -2.18. The van der Waals surface area contributed by atoms with E-state index in [9.17, 15) is 9.18 Å². The first-order chi connectivity index (χ1) is 16.7. The number of carbonyl (C=O) groups is 1. The normalized spacial score (nSPS) is 16.8. The quantitative estimate of drug-likeness (QED) is 0.272. The summed E-state index contributed by atoms with van der Waals surface area (Å²) in [5.41, 5.74) is 2.65. The maximum Gasteiger partial charge on any atom is 0.319 e. The first kappa shape index (κ1) is 26.2. The number of hydrogen-bond donors (Lipinski definition) is 3. The Morgan fingerprint density at radius 1 is 1.20 bits per heavy atom. The maximum absolute atomic E-state index is 15.0. The summed E-state index contributed by atoms with van der Waals surface area (Å²) in [6, 6.07) is 10.1. The van der Waals surface area contributed by atoms with Gasteiger partial charge in [-0.05, 0) is 55.9 Å². The van der Waals surface area contributed by atoms with Crippen LogP contribution in [0, 0.1) is 11.2 Å². The van der Waals surface area contributed by atoms with E-state index in [2.05, 4.69) is 41.4 Å². The van der Waals surface area contributed by atoms with Crippen LogP contribution in [0.3, 0.4) is 0 Å². The molecule has 0 heterocycles. The molecule has 1 fully saturated rings. The molecule has 1 aliphatic rings. The van der Waals surface area contributed by atoms with Crippen LogP contribution in [0.1, 0.15) is 45.6 Å². The lowest BCUT2D eigenvalue weighted by Crippen LogP contribution is -2.36. The van der Waals surface area contributed by atoms with Crippen molar-refractivity contribution in [2.45, 2.75) is 46.1 Å². The van der Waals surface area contributed by atoms with E-state index in [1.807, 2.05) is 0 Å². The van der Waals surface area contributed by atoms with Crippen LogP contribution >= 0.6 is 0 Å². The van der Waals surface area contributed by atoms with Crippen LogP contribution in [-0.4, -0.2) is 38.6 Å². The minimum absolute atomic E-state index is 0.195. The van der Waals surface area contributed by atoms with E-state index in [4.69, 9.17) is 9.47 Å². The Bertz CT molecular complexity index is 1070. The Morgan fingerprint density at radius 2 is 1.89 bits per heavy atom. The van der Waals surface area contributed by atoms with Crippen molar-refractivity contribution >= 4 is 35.0 Å². The van der Waals surface area contributed by atoms with Gasteiger partial charge in [-0.2, -0.15) is 0 Å². The van der Waals surface area contributed by atoms with Gasteiger partial charge in [-0.3, -0.25) is 4.99 Å². The molecular weight excluding hydrogens is 447 g/mol. The van der Waals surface area contributed by atoms with Crippen molar-refractivity contribution in [1.82, 2.24) is 5.32 Å². The first-order valence-electron chi connectivity index (χ1n) is 11.8. The molecule has 2 aromatic carbocycles. The summed E-state index contributed by atoms with van der Waals surface area (Å²) >= 11 is 0. The van der Waals surface area contributed by atoms with Crippen LogP contribution in [0.25, 0.3) is 5.70 Å². The zero-order valence-corrected chi connectivity index (χ0v) is 20.9. The van der Waals surface area contributed by atoms with E-state index in [0.29, 0.717) is 41.7 Å². The highest BCUT2D eigenvalue weighted by molar-refractivity contribution is 5.90. The molecule has 2 amide bonds. The summed E-state index contributed by atoms with van der Waals surface area (Å²) in [6.07, 6.45) is 4.67. The van der Waals surface area contributed by atoms with Crippen LogP contribution in [0.4, 0.5) is 26.2 Å². The number of nitrogens with zero attached hydrogens (tertiary/aromatic N) is 1. The number of carbonyl (C=O) groups excluding carboxylic acids is 1. The molecule has 2 aromatic rings. The molecule has 35 heavy (non-hydrogen) atoms. The third kappa shape index (κ3) is 7.55. The van der Waals surface area contributed by atoms with Crippen molar-refractivity contribution in [3.8, 4) is 5.75 Å². The van der Waals surface area contributed by atoms with Crippen molar-refractivity contribution in [1.29, 1.82) is 0 Å². The molecule has 3 rings (SSSR count). The Hall–Kier alpha value is -3.39. The number of urea groups is 1. The zero-order valence-electron chi connectivity index (χ0n) is 20.9. The monoisotopic (exact) mass is 482 g/mol. The van der Waals surface area contributed by atoms with Crippen molar-refractivity contribution in [3.63, 3.8) is 0 Å². The van der Waals surface area contributed by atoms with Gasteiger partial charge in [0, 0.05) is 48.6 Å². The number of methoxy groups -OCH3 is 1. The fourth-order valence-electron chi connectivity index (χ4n) is 4.22. The molecule has 1 saturated carbocycles. The van der Waals surface area contributed by atoms with Gasteiger partial charge in [0.25, 0.3) is 0 Å². The molecular formula is C27H35FN4O3. The van der Waals surface area contributed by atoms with Crippen molar-refractivity contribution in [2.75, 3.05) is 31.0 Å². The predicted molar refractivity (Wildman–Crippen MR) is 140 cm³/mol. The topological polar surface area (TPSA) is 84.0 Å². The third-order valence-electron chi connectivity index (χ3n) is 5.91. The minimum Gasteiger partial charge on any atom is -0.491 e. The second-order valence-corrected chi connectivity index (χ2v) is 9.41. The average molecular weight is 483 g/mol. The second kappa shape index (κ2) is 11.8. The van der Waals surface area contributed by atoms with Crippen LogP contribution in [0.2, 0.25) is 0 Å². The number of anilines is 2. The predicted octanol–water partition coefficient (Wildman–Crippen LogP) is 6.36. The van der Waals surface area contributed by atoms with E-state index in [0.717, 1.165) is 19.3 Å². The van der Waals surface area contributed by atoms with Crippen LogP contribution in [-0.2, 0) is 4.74 Å². The van der Waals surface area contributed by atoms with Crippen molar-refractivity contribution < 1.29 is 18.7 Å². The standard InChI is InChI=1S/C27H35FN4O3/c1-6-29-24-16-22(35-14-13-34-5)15-23(28)25(24)18(2)30-19-7-9-20(10-8-19)31-26(33)32-21-11-12-27(3,4)17-21/h6-10,15-16,21,30H,2,11-14,17H2,1,3-5H3,(H2,31,32,33). The van der Waals surface area contributed by atoms with Gasteiger partial charge in [-0.25, -0.2) is 9.18 Å². The molecule has 1 aliphatic carbocycles. The highest BCUT2D eigenvalue weighted by Gasteiger charge is 2.31. The van der Waals surface area contributed by atoms with Gasteiger partial charge in [-0.1, -0.05) is 20.4 Å². The molecule has 3 N–H and O–H groups in total. The third-order valence-corrected chi connectivity index (χ3v) is 5.91. The van der Waals surface area contributed by atoms with Crippen molar-refractivity contribution in [3.05, 3.63) is 54.4 Å². The smallest absolute Gasteiger partial charge is 0.319 e. The first-order valence-corrected chi connectivity index (χ1v) is 11.8. The molecule has 0 bridgehead atoms. The Morgan fingerprint density at radius 3 is 2.49 bits per heavy atom. The summed E-state index contributed by atoms with van der Waals surface area (Å²) in [5.74, 6) is -0.130. The van der Waals surface area contributed by atoms with Crippen molar-refractivity contribution in [2.24, 2.45) is 10.4 Å². The molecule has 8 heteroatoms. The number of benzene rings is 2. The Labute approximate surface area is 206 Å². The molecule has 7 nitrogen and oxygen atoms in total. The highest BCUT2D eigenvalue weighted by Crippen LogP contribution is 2.37. The molecule has 0 saturated heterocycles. The molecule has 0 spiro atoms. The zero-order chi connectivity index (χ0) is 25.4. The summed E-state index contributed by atoms with van der Waals surface area (Å²) < 4.78 is 25.5. The Kier molecular flexibility index (Phi) is 8.87. The lowest BCUT2D eigenvalue weighted by atomic mass is 9.92. The summed E-state index contributed by atoms with van der Waals surface area (Å²) in [4.78, 5) is 16.6. The SMILES string of the molecule is C=C(Nc1ccc(NC(=O)NC2CCC(C)(C)C2)cc1)c1c(F)cc(OCCOC)cc1N=CC. The van der Waals surface area contributed by atoms with Gasteiger partial charge in [0.1, 0.15) is 18.2 Å². The van der Waals surface area contributed by atoms with Crippen LogP contribution in [0.5, 0.6) is 5.75 Å². The van der Waals surface area contributed by atoms with Crippen LogP contribution < -0.4 is 20.7 Å². The average Bonchev–Trinajstić information content (AvgIpc) is 3.13. The summed E-state index contributed by atoms with van der Waals surface area (Å²) in [5, 5.41) is 9.03. The number of halogens is 1. The molecule has 0 radical (unpaired) electrons. The van der Waals surface area contributed by atoms with Gasteiger partial charge < -0.3 is 25.4 Å². The van der Waals surface area contributed by atoms with Gasteiger partial charge in [-0.15, -0.1) is 0 Å². The Balaban J connectivity index is 1.63. The fourth-order valence-corrected chi connectivity index (χ4v) is 4.22. The molecule has 1 unspecified atom stereocenters. The lowest BCUT2D eigenvalue weighted by molar-refractivity contribution is 0.146. The second-order valence-electron chi connectivity index (χ2n) is 9.41. The number of amides is 2. The van der Waals surface area contributed by atoms with E-state index >= 15 is 0 Å². The van der Waals surface area contributed by atoms with Crippen LogP contribution in [0.15, 0.2) is 48.0 Å². The largest absolute Gasteiger partial charge is 0.491 e. The molecule has 1 atom stereocenters. The van der Waals surface area contributed by atoms with Gasteiger partial charge in [0.15, 0.2) is 0 Å². The maximum atomic E-state index is 15.0. The number of rotatable bonds is 10. The van der Waals surface area contributed by atoms with Gasteiger partial charge in [0.05, 0.1) is 17.9 Å². The number of hydrogen-bond acceptors (Lipinski definition) is 5. The summed E-state index contributed by atoms with van der Waals surface area (Å²) in [6.45, 7) is 10.9. The highest BCUT2D eigenvalue weighted by atomic mass is 19.1. The van der Waals surface area contributed by atoms with E-state index in [1.165, 1.54) is 6.07 Å². The summed E-state index contributed by atoms with van der Waals surface area (Å²) in [7, 11) is 1.57. The minimum atomic E-state index is -0.497. The number of ether oxygens (including phenoxy) is 2. The molecule has 188 valence electrons.